The van der Waals surface area contributed by atoms with E-state index in [9.17, 15) is 14.7 Å². The standard InChI is InChI=1S/C15H21N3O3/c1-10-3-2-4-12(14(10)20)15(21)18(9-13(16)19)11-5-7-17-8-6-11/h2-4,11,17,20H,5-9H2,1H3,(H2,16,19). The number of hydrogen-bond acceptors (Lipinski definition) is 4. The number of nitrogens with two attached hydrogens (primary N) is 1. The second kappa shape index (κ2) is 6.58. The topological polar surface area (TPSA) is 95.7 Å². The number of carbonyl (C=O) groups excluding carboxylic acids is 2. The van der Waals surface area contributed by atoms with Crippen LogP contribution in [0.2, 0.25) is 0 Å². The number of amides is 2. The summed E-state index contributed by atoms with van der Waals surface area (Å²) in [7, 11) is 0. The first-order valence-electron chi connectivity index (χ1n) is 7.09. The van der Waals surface area contributed by atoms with Crippen molar-refractivity contribution in [3.8, 4) is 5.75 Å². The molecule has 0 aliphatic carbocycles. The summed E-state index contributed by atoms with van der Waals surface area (Å²) < 4.78 is 0. The minimum Gasteiger partial charge on any atom is -0.507 e. The second-order valence-electron chi connectivity index (χ2n) is 5.35. The Kier molecular flexibility index (Phi) is 4.80. The van der Waals surface area contributed by atoms with Gasteiger partial charge in [0.1, 0.15) is 5.75 Å². The predicted octanol–water partition coefficient (Wildman–Crippen LogP) is 0.380. The van der Waals surface area contributed by atoms with Gasteiger partial charge in [-0.3, -0.25) is 9.59 Å². The number of aromatic hydroxyl groups is 1. The molecule has 6 nitrogen and oxygen atoms in total. The van der Waals surface area contributed by atoms with Crippen molar-refractivity contribution in [3.05, 3.63) is 29.3 Å². The Labute approximate surface area is 123 Å². The van der Waals surface area contributed by atoms with Gasteiger partial charge in [0.25, 0.3) is 5.91 Å². The SMILES string of the molecule is Cc1cccc(C(=O)N(CC(N)=O)C2CCNCC2)c1O. The fourth-order valence-electron chi connectivity index (χ4n) is 2.64. The van der Waals surface area contributed by atoms with Gasteiger partial charge in [0.15, 0.2) is 0 Å². The van der Waals surface area contributed by atoms with Crippen molar-refractivity contribution < 1.29 is 14.7 Å². The van der Waals surface area contributed by atoms with Gasteiger partial charge in [-0.2, -0.15) is 0 Å². The Morgan fingerprint density at radius 2 is 2.05 bits per heavy atom. The van der Waals surface area contributed by atoms with Crippen LogP contribution in [0.4, 0.5) is 0 Å². The van der Waals surface area contributed by atoms with E-state index in [4.69, 9.17) is 5.73 Å². The Balaban J connectivity index is 2.28. The van der Waals surface area contributed by atoms with Gasteiger partial charge >= 0.3 is 0 Å². The van der Waals surface area contributed by atoms with Crippen LogP contribution in [0.15, 0.2) is 18.2 Å². The van der Waals surface area contributed by atoms with Gasteiger partial charge in [-0.05, 0) is 44.5 Å². The number of para-hydroxylation sites is 1. The molecule has 4 N–H and O–H groups in total. The highest BCUT2D eigenvalue weighted by atomic mass is 16.3. The average Bonchev–Trinajstić information content (AvgIpc) is 2.48. The highest BCUT2D eigenvalue weighted by Crippen LogP contribution is 2.25. The second-order valence-corrected chi connectivity index (χ2v) is 5.35. The van der Waals surface area contributed by atoms with Gasteiger partial charge in [-0.25, -0.2) is 0 Å². The number of hydrogen-bond donors (Lipinski definition) is 3. The van der Waals surface area contributed by atoms with Crippen LogP contribution in [0.5, 0.6) is 5.75 Å². The number of nitrogens with zero attached hydrogens (tertiary/aromatic N) is 1. The number of phenols is 1. The zero-order valence-electron chi connectivity index (χ0n) is 12.1. The maximum absolute atomic E-state index is 12.7. The molecule has 1 fully saturated rings. The van der Waals surface area contributed by atoms with Crippen LogP contribution in [-0.4, -0.2) is 47.5 Å². The predicted molar refractivity (Wildman–Crippen MR) is 79.0 cm³/mol. The van der Waals surface area contributed by atoms with Crippen LogP contribution in [-0.2, 0) is 4.79 Å². The minimum atomic E-state index is -0.547. The summed E-state index contributed by atoms with van der Waals surface area (Å²) in [6, 6.07) is 4.98. The third-order valence-electron chi connectivity index (χ3n) is 3.80. The number of nitrogens with one attached hydrogen (secondary N) is 1. The molecule has 21 heavy (non-hydrogen) atoms. The third-order valence-corrected chi connectivity index (χ3v) is 3.80. The summed E-state index contributed by atoms with van der Waals surface area (Å²) in [6.07, 6.45) is 1.54. The van der Waals surface area contributed by atoms with Crippen molar-refractivity contribution >= 4 is 11.8 Å². The maximum atomic E-state index is 12.7. The number of phenolic OH excluding ortho intramolecular Hbond substituents is 1. The molecule has 1 aliphatic heterocycles. The summed E-state index contributed by atoms with van der Waals surface area (Å²) in [4.78, 5) is 25.5. The van der Waals surface area contributed by atoms with Crippen molar-refractivity contribution in [2.24, 2.45) is 5.73 Å². The number of aryl methyl sites for hydroxylation is 1. The maximum Gasteiger partial charge on any atom is 0.258 e. The van der Waals surface area contributed by atoms with Crippen molar-refractivity contribution in [1.29, 1.82) is 0 Å². The van der Waals surface area contributed by atoms with Crippen LogP contribution in [0.1, 0.15) is 28.8 Å². The van der Waals surface area contributed by atoms with Gasteiger partial charge in [0.05, 0.1) is 12.1 Å². The van der Waals surface area contributed by atoms with E-state index in [2.05, 4.69) is 5.32 Å². The van der Waals surface area contributed by atoms with Gasteiger partial charge in [0, 0.05) is 6.04 Å². The minimum absolute atomic E-state index is 0.0360. The zero-order chi connectivity index (χ0) is 15.4. The largest absolute Gasteiger partial charge is 0.507 e. The first-order valence-corrected chi connectivity index (χ1v) is 7.09. The lowest BCUT2D eigenvalue weighted by molar-refractivity contribution is -0.119. The Morgan fingerprint density at radius 3 is 2.67 bits per heavy atom. The first kappa shape index (κ1) is 15.3. The van der Waals surface area contributed by atoms with E-state index in [1.807, 2.05) is 0 Å². The summed E-state index contributed by atoms with van der Waals surface area (Å²) in [6.45, 7) is 3.20. The van der Waals surface area contributed by atoms with Crippen molar-refractivity contribution in [2.75, 3.05) is 19.6 Å². The first-order chi connectivity index (χ1) is 10.0. The molecule has 1 aromatic carbocycles. The van der Waals surface area contributed by atoms with Crippen LogP contribution in [0.25, 0.3) is 0 Å². The van der Waals surface area contributed by atoms with E-state index in [-0.39, 0.29) is 29.8 Å². The normalized spacial score (nSPS) is 15.7. The van der Waals surface area contributed by atoms with E-state index in [0.717, 1.165) is 25.9 Å². The van der Waals surface area contributed by atoms with Crippen molar-refractivity contribution in [1.82, 2.24) is 10.2 Å². The quantitative estimate of drug-likeness (QED) is 0.747. The molecule has 0 saturated carbocycles. The molecule has 1 aromatic rings. The van der Waals surface area contributed by atoms with Crippen LogP contribution in [0, 0.1) is 6.92 Å². The molecule has 114 valence electrons. The molecule has 1 heterocycles. The van der Waals surface area contributed by atoms with E-state index < -0.39 is 5.91 Å². The number of benzene rings is 1. The summed E-state index contributed by atoms with van der Waals surface area (Å²) in [5.74, 6) is -0.929. The van der Waals surface area contributed by atoms with Crippen molar-refractivity contribution in [3.63, 3.8) is 0 Å². The number of rotatable bonds is 4. The van der Waals surface area contributed by atoms with Crippen LogP contribution < -0.4 is 11.1 Å². The molecule has 0 bridgehead atoms. The summed E-state index contributed by atoms with van der Waals surface area (Å²) in [5, 5.41) is 13.3. The third kappa shape index (κ3) is 3.52. The van der Waals surface area contributed by atoms with Gasteiger partial charge in [-0.1, -0.05) is 12.1 Å². The number of primary amides is 1. The Bertz CT molecular complexity index is 539. The molecule has 0 atom stereocenters. The van der Waals surface area contributed by atoms with Gasteiger partial charge < -0.3 is 21.1 Å². The van der Waals surface area contributed by atoms with E-state index in [1.165, 1.54) is 4.90 Å². The lowest BCUT2D eigenvalue weighted by Gasteiger charge is -2.34. The molecule has 1 aliphatic rings. The van der Waals surface area contributed by atoms with E-state index >= 15 is 0 Å². The summed E-state index contributed by atoms with van der Waals surface area (Å²) in [5.41, 5.74) is 6.12. The Morgan fingerprint density at radius 1 is 1.38 bits per heavy atom. The molecule has 0 radical (unpaired) electrons. The molecule has 6 heteroatoms. The highest BCUT2D eigenvalue weighted by Gasteiger charge is 2.28. The lowest BCUT2D eigenvalue weighted by Crippen LogP contribution is -2.49. The fraction of sp³-hybridized carbons (Fsp3) is 0.467. The summed E-state index contributed by atoms with van der Waals surface area (Å²) >= 11 is 0. The molecule has 0 unspecified atom stereocenters. The monoisotopic (exact) mass is 291 g/mol. The molecule has 2 amide bonds. The Hall–Kier alpha value is -2.08. The lowest BCUT2D eigenvalue weighted by atomic mass is 10.0. The molecule has 0 spiro atoms. The molecule has 2 rings (SSSR count). The molecule has 1 saturated heterocycles. The van der Waals surface area contributed by atoms with Crippen LogP contribution >= 0.6 is 0 Å². The molecular weight excluding hydrogens is 270 g/mol. The van der Waals surface area contributed by atoms with Crippen molar-refractivity contribution in [2.45, 2.75) is 25.8 Å². The van der Waals surface area contributed by atoms with E-state index in [0.29, 0.717) is 5.56 Å². The smallest absolute Gasteiger partial charge is 0.258 e. The van der Waals surface area contributed by atoms with E-state index in [1.54, 1.807) is 25.1 Å². The average molecular weight is 291 g/mol. The zero-order valence-corrected chi connectivity index (χ0v) is 12.1. The molecular formula is C15H21N3O3. The number of carbonyl (C=O) groups is 2. The highest BCUT2D eigenvalue weighted by molar-refractivity contribution is 5.99. The molecule has 0 aromatic heterocycles. The van der Waals surface area contributed by atoms with Gasteiger partial charge in [-0.15, -0.1) is 0 Å². The van der Waals surface area contributed by atoms with Crippen LogP contribution in [0.3, 0.4) is 0 Å². The van der Waals surface area contributed by atoms with Gasteiger partial charge in [0.2, 0.25) is 5.91 Å². The number of piperidine rings is 1. The fourth-order valence-corrected chi connectivity index (χ4v) is 2.64.